The second-order valence-corrected chi connectivity index (χ2v) is 6.19. The lowest BCUT2D eigenvalue weighted by atomic mass is 10.0. The van der Waals surface area contributed by atoms with Crippen LogP contribution in [0.2, 0.25) is 0 Å². The number of rotatable bonds is 6. The quantitative estimate of drug-likeness (QED) is 0.870. The van der Waals surface area contributed by atoms with E-state index in [9.17, 15) is 9.18 Å². The van der Waals surface area contributed by atoms with Gasteiger partial charge in [0.2, 0.25) is 5.89 Å². The van der Waals surface area contributed by atoms with Gasteiger partial charge >= 0.3 is 0 Å². The van der Waals surface area contributed by atoms with E-state index in [1.807, 2.05) is 0 Å². The Balaban J connectivity index is 1.50. The highest BCUT2D eigenvalue weighted by molar-refractivity contribution is 5.91. The smallest absolute Gasteiger partial charge is 0.273 e. The van der Waals surface area contributed by atoms with Gasteiger partial charge in [-0.15, -0.1) is 0 Å². The summed E-state index contributed by atoms with van der Waals surface area (Å²) < 4.78 is 24.0. The zero-order valence-electron chi connectivity index (χ0n) is 14.2. The molecule has 0 saturated carbocycles. The zero-order valence-corrected chi connectivity index (χ0v) is 14.2. The van der Waals surface area contributed by atoms with Crippen molar-refractivity contribution in [2.75, 3.05) is 20.1 Å². The van der Waals surface area contributed by atoms with Crippen molar-refractivity contribution in [2.45, 2.75) is 31.9 Å². The second kappa shape index (κ2) is 8.11. The predicted molar refractivity (Wildman–Crippen MR) is 89.8 cm³/mol. The number of oxazole rings is 1. The van der Waals surface area contributed by atoms with Crippen LogP contribution in [0.5, 0.6) is 5.75 Å². The summed E-state index contributed by atoms with van der Waals surface area (Å²) in [6.07, 6.45) is 4.76. The largest absolute Gasteiger partial charge is 0.481 e. The van der Waals surface area contributed by atoms with Crippen molar-refractivity contribution in [2.24, 2.45) is 0 Å². The average molecular weight is 347 g/mol. The van der Waals surface area contributed by atoms with Crippen LogP contribution in [0.25, 0.3) is 0 Å². The maximum atomic E-state index is 13.5. The molecule has 6 nitrogen and oxygen atoms in total. The van der Waals surface area contributed by atoms with Gasteiger partial charge in [-0.1, -0.05) is 18.6 Å². The molecule has 2 aromatic rings. The first-order valence-corrected chi connectivity index (χ1v) is 8.43. The fourth-order valence-electron chi connectivity index (χ4n) is 2.89. The van der Waals surface area contributed by atoms with Crippen molar-refractivity contribution in [1.82, 2.24) is 15.2 Å². The van der Waals surface area contributed by atoms with Crippen LogP contribution in [-0.4, -0.2) is 42.0 Å². The molecule has 2 heterocycles. The molecular formula is C18H22FN3O3. The third-order valence-electron chi connectivity index (χ3n) is 4.39. The third kappa shape index (κ3) is 4.57. The van der Waals surface area contributed by atoms with Crippen LogP contribution >= 0.6 is 0 Å². The van der Waals surface area contributed by atoms with Gasteiger partial charge in [0.15, 0.2) is 23.9 Å². The number of hydrogen-bond acceptors (Lipinski definition) is 5. The van der Waals surface area contributed by atoms with Gasteiger partial charge in [0.25, 0.3) is 5.91 Å². The van der Waals surface area contributed by atoms with Gasteiger partial charge in [0.05, 0.1) is 0 Å². The minimum Gasteiger partial charge on any atom is -0.481 e. The van der Waals surface area contributed by atoms with E-state index in [0.717, 1.165) is 13.0 Å². The summed E-state index contributed by atoms with van der Waals surface area (Å²) >= 11 is 0. The molecule has 0 spiro atoms. The summed E-state index contributed by atoms with van der Waals surface area (Å²) in [5.74, 6) is -0.390. The average Bonchev–Trinajstić information content (AvgIpc) is 3.09. The number of likely N-dealkylation sites (N-methyl/N-ethyl adjacent to an activating group) is 1. The number of likely N-dealkylation sites (tertiary alicyclic amines) is 1. The molecule has 1 aromatic carbocycles. The van der Waals surface area contributed by atoms with Gasteiger partial charge in [-0.05, 0) is 38.6 Å². The van der Waals surface area contributed by atoms with Crippen molar-refractivity contribution in [3.63, 3.8) is 0 Å². The normalized spacial score (nSPS) is 18.1. The van der Waals surface area contributed by atoms with Crippen LogP contribution < -0.4 is 10.1 Å². The molecule has 1 amide bonds. The fourth-order valence-corrected chi connectivity index (χ4v) is 2.89. The molecule has 1 aromatic heterocycles. The predicted octanol–water partition coefficient (Wildman–Crippen LogP) is 2.61. The van der Waals surface area contributed by atoms with E-state index < -0.39 is 5.82 Å². The minimum absolute atomic E-state index is 0.0421. The number of halogens is 1. The number of nitrogens with one attached hydrogen (secondary N) is 1. The molecule has 0 radical (unpaired) electrons. The molecule has 1 saturated heterocycles. The molecule has 1 atom stereocenters. The topological polar surface area (TPSA) is 67.6 Å². The lowest BCUT2D eigenvalue weighted by molar-refractivity contribution is 0.0923. The van der Waals surface area contributed by atoms with Crippen molar-refractivity contribution in [3.8, 4) is 5.75 Å². The SMILES string of the molecule is CN1CCCCC1CNC(=O)c1coc(COc2ccccc2F)n1. The Morgan fingerprint density at radius 1 is 1.44 bits per heavy atom. The van der Waals surface area contributed by atoms with Crippen LogP contribution in [0, 0.1) is 5.82 Å². The highest BCUT2D eigenvalue weighted by Gasteiger charge is 2.20. The fraction of sp³-hybridized carbons (Fsp3) is 0.444. The first kappa shape index (κ1) is 17.4. The number of nitrogens with zero attached hydrogens (tertiary/aromatic N) is 2. The molecule has 0 bridgehead atoms. The molecule has 134 valence electrons. The van der Waals surface area contributed by atoms with Gasteiger partial charge in [-0.3, -0.25) is 4.79 Å². The molecule has 1 aliphatic heterocycles. The molecule has 1 unspecified atom stereocenters. The van der Waals surface area contributed by atoms with Gasteiger partial charge in [0, 0.05) is 12.6 Å². The molecule has 1 aliphatic rings. The van der Waals surface area contributed by atoms with Crippen molar-refractivity contribution >= 4 is 5.91 Å². The third-order valence-corrected chi connectivity index (χ3v) is 4.39. The molecule has 1 fully saturated rings. The van der Waals surface area contributed by atoms with E-state index in [2.05, 4.69) is 22.2 Å². The summed E-state index contributed by atoms with van der Waals surface area (Å²) in [5, 5.41) is 2.89. The number of amides is 1. The Morgan fingerprint density at radius 3 is 3.08 bits per heavy atom. The lowest BCUT2D eigenvalue weighted by Gasteiger charge is -2.32. The van der Waals surface area contributed by atoms with E-state index >= 15 is 0 Å². The number of carbonyl (C=O) groups is 1. The van der Waals surface area contributed by atoms with Crippen molar-refractivity contribution in [1.29, 1.82) is 0 Å². The number of hydrogen-bond donors (Lipinski definition) is 1. The maximum absolute atomic E-state index is 13.5. The van der Waals surface area contributed by atoms with Crippen LogP contribution in [0.4, 0.5) is 4.39 Å². The van der Waals surface area contributed by atoms with Gasteiger partial charge < -0.3 is 19.4 Å². The van der Waals surface area contributed by atoms with E-state index in [-0.39, 0.29) is 29.8 Å². The van der Waals surface area contributed by atoms with E-state index in [0.29, 0.717) is 12.6 Å². The van der Waals surface area contributed by atoms with E-state index in [1.165, 1.54) is 31.2 Å². The Hall–Kier alpha value is -2.41. The number of piperidine rings is 1. The molecule has 0 aliphatic carbocycles. The Kier molecular flexibility index (Phi) is 5.65. The first-order chi connectivity index (χ1) is 12.1. The summed E-state index contributed by atoms with van der Waals surface area (Å²) in [7, 11) is 2.07. The van der Waals surface area contributed by atoms with Crippen molar-refractivity contribution in [3.05, 3.63) is 47.9 Å². The minimum atomic E-state index is -0.455. The van der Waals surface area contributed by atoms with Crippen molar-refractivity contribution < 1.29 is 18.3 Å². The number of ether oxygens (including phenoxy) is 1. The zero-order chi connectivity index (χ0) is 17.6. The molecule has 25 heavy (non-hydrogen) atoms. The highest BCUT2D eigenvalue weighted by Crippen LogP contribution is 2.17. The standard InChI is InChI=1S/C18H22FN3O3/c1-22-9-5-4-6-13(22)10-20-18(23)15-11-25-17(21-15)12-24-16-8-3-2-7-14(16)19/h2-3,7-8,11,13H,4-6,9-10,12H2,1H3,(H,20,23). The van der Waals surface area contributed by atoms with Gasteiger partial charge in [0.1, 0.15) is 6.26 Å². The maximum Gasteiger partial charge on any atom is 0.273 e. The highest BCUT2D eigenvalue weighted by atomic mass is 19.1. The van der Waals surface area contributed by atoms with E-state index in [4.69, 9.17) is 9.15 Å². The van der Waals surface area contributed by atoms with E-state index in [1.54, 1.807) is 12.1 Å². The molecule has 1 N–H and O–H groups in total. The Morgan fingerprint density at radius 2 is 2.28 bits per heavy atom. The Labute approximate surface area is 146 Å². The van der Waals surface area contributed by atoms with Gasteiger partial charge in [-0.2, -0.15) is 0 Å². The summed E-state index contributed by atoms with van der Waals surface area (Å²) in [4.78, 5) is 18.5. The summed E-state index contributed by atoms with van der Waals surface area (Å²) in [6, 6.07) is 6.45. The lowest BCUT2D eigenvalue weighted by Crippen LogP contribution is -2.44. The number of benzene rings is 1. The number of aromatic nitrogens is 1. The summed E-state index contributed by atoms with van der Waals surface area (Å²) in [5.41, 5.74) is 0.200. The van der Waals surface area contributed by atoms with Gasteiger partial charge in [-0.25, -0.2) is 9.37 Å². The second-order valence-electron chi connectivity index (χ2n) is 6.19. The van der Waals surface area contributed by atoms with Crippen LogP contribution in [0.3, 0.4) is 0 Å². The number of carbonyl (C=O) groups excluding carboxylic acids is 1. The molecule has 7 heteroatoms. The first-order valence-electron chi connectivity index (χ1n) is 8.43. The number of para-hydroxylation sites is 1. The molecule has 3 rings (SSSR count). The monoisotopic (exact) mass is 347 g/mol. The van der Waals surface area contributed by atoms with Crippen LogP contribution in [0.15, 0.2) is 34.9 Å². The Bertz CT molecular complexity index is 719. The molecular weight excluding hydrogens is 325 g/mol. The van der Waals surface area contributed by atoms with Crippen LogP contribution in [0.1, 0.15) is 35.6 Å². The summed E-state index contributed by atoms with van der Waals surface area (Å²) in [6.45, 7) is 1.60. The van der Waals surface area contributed by atoms with Crippen LogP contribution in [-0.2, 0) is 6.61 Å².